The fourth-order valence-electron chi connectivity index (χ4n) is 1.97. The lowest BCUT2D eigenvalue weighted by Crippen LogP contribution is -2.51. The van der Waals surface area contributed by atoms with Crippen LogP contribution < -0.4 is 10.6 Å². The second-order valence-electron chi connectivity index (χ2n) is 4.63. The van der Waals surface area contributed by atoms with Crippen molar-refractivity contribution < 1.29 is 24.0 Å². The Morgan fingerprint density at radius 3 is 2.59 bits per heavy atom. The number of nitrogens with one attached hydrogen (secondary N) is 2. The number of hydrogen-bond acceptors (Lipinski definition) is 6. The molecule has 9 heteroatoms. The molecule has 1 rings (SSSR count). The Bertz CT molecular complexity index is 603. The number of nitro benzene ring substituents is 1. The molecule has 0 aliphatic heterocycles. The van der Waals surface area contributed by atoms with Crippen molar-refractivity contribution in [3.8, 4) is 0 Å². The minimum absolute atomic E-state index is 0.0133. The van der Waals surface area contributed by atoms with Gasteiger partial charge in [0.1, 0.15) is 11.2 Å². The molecule has 118 valence electrons. The van der Waals surface area contributed by atoms with Gasteiger partial charge in [0.15, 0.2) is 0 Å². The highest BCUT2D eigenvalue weighted by Gasteiger charge is 2.34. The van der Waals surface area contributed by atoms with Gasteiger partial charge in [0.25, 0.3) is 5.69 Å². The molecule has 2 N–H and O–H groups in total. The summed E-state index contributed by atoms with van der Waals surface area (Å²) in [7, 11) is 1.17. The summed E-state index contributed by atoms with van der Waals surface area (Å²) >= 11 is 0. The topological polar surface area (TPSA) is 128 Å². The van der Waals surface area contributed by atoms with Crippen LogP contribution >= 0.6 is 0 Å². The van der Waals surface area contributed by atoms with E-state index < -0.39 is 16.4 Å². The van der Waals surface area contributed by atoms with Gasteiger partial charge in [-0.1, -0.05) is 6.07 Å². The average Bonchev–Trinajstić information content (AvgIpc) is 2.48. The maximum atomic E-state index is 11.8. The first kappa shape index (κ1) is 17.1. The van der Waals surface area contributed by atoms with E-state index in [1.807, 2.05) is 0 Å². The third-order valence-corrected chi connectivity index (χ3v) is 3.04. The molecule has 22 heavy (non-hydrogen) atoms. The number of hydrogen-bond donors (Lipinski definition) is 2. The summed E-state index contributed by atoms with van der Waals surface area (Å²) in [6.07, 6.45) is 0.669. The van der Waals surface area contributed by atoms with Crippen molar-refractivity contribution in [2.45, 2.75) is 18.9 Å². The quantitative estimate of drug-likeness (QED) is 0.309. The largest absolute Gasteiger partial charge is 0.467 e. The number of nitro groups is 1. The smallest absolute Gasteiger partial charge is 0.331 e. The first-order valence-corrected chi connectivity index (χ1v) is 6.15. The van der Waals surface area contributed by atoms with Crippen molar-refractivity contribution in [1.82, 2.24) is 5.32 Å². The Balaban J connectivity index is 3.18. The lowest BCUT2D eigenvalue weighted by molar-refractivity contribution is -0.384. The molecule has 0 fully saturated rings. The maximum Gasteiger partial charge on any atom is 0.331 e. The summed E-state index contributed by atoms with van der Waals surface area (Å²) in [4.78, 5) is 43.2. The number of nitrogens with zero attached hydrogens (tertiary/aromatic N) is 1. The molecule has 0 heterocycles. The van der Waals surface area contributed by atoms with Crippen molar-refractivity contribution in [3.05, 3.63) is 33.9 Å². The van der Waals surface area contributed by atoms with Crippen LogP contribution in [-0.4, -0.2) is 36.4 Å². The number of ether oxygens (including phenoxy) is 1. The van der Waals surface area contributed by atoms with E-state index in [0.717, 1.165) is 0 Å². The number of carbonyl (C=O) groups is 3. The Morgan fingerprint density at radius 2 is 2.09 bits per heavy atom. The van der Waals surface area contributed by atoms with E-state index in [4.69, 9.17) is 0 Å². The summed E-state index contributed by atoms with van der Waals surface area (Å²) in [6, 6.07) is 4.08. The molecule has 0 saturated heterocycles. The molecule has 1 aromatic carbocycles. The minimum atomic E-state index is -1.36. The van der Waals surface area contributed by atoms with E-state index in [0.29, 0.717) is 18.4 Å². The standard InChI is InChI=1S/C13H15N3O6/c1-13(15-8-18,12(19)22-2)6-9-3-4-10(14-7-17)11(5-9)16(20)21/h3-5,7-8H,6H2,1-2H3,(H,14,17)(H,15,18)/t13-/m1/s1. The Morgan fingerprint density at radius 1 is 1.41 bits per heavy atom. The number of esters is 1. The Labute approximate surface area is 125 Å². The summed E-state index contributed by atoms with van der Waals surface area (Å²) in [6.45, 7) is 1.44. The summed E-state index contributed by atoms with van der Waals surface area (Å²) in [5.41, 5.74) is -1.22. The van der Waals surface area contributed by atoms with Crippen molar-refractivity contribution in [1.29, 1.82) is 0 Å². The van der Waals surface area contributed by atoms with Gasteiger partial charge in [-0.25, -0.2) is 4.79 Å². The normalized spacial score (nSPS) is 12.6. The van der Waals surface area contributed by atoms with Crippen LogP contribution in [0.3, 0.4) is 0 Å². The van der Waals surface area contributed by atoms with Gasteiger partial charge in [0, 0.05) is 12.5 Å². The number of anilines is 1. The van der Waals surface area contributed by atoms with E-state index in [-0.39, 0.29) is 17.8 Å². The van der Waals surface area contributed by atoms with Crippen LogP contribution in [0.4, 0.5) is 11.4 Å². The molecule has 0 aliphatic rings. The first-order valence-electron chi connectivity index (χ1n) is 6.15. The number of amides is 2. The van der Waals surface area contributed by atoms with E-state index in [1.54, 1.807) is 0 Å². The van der Waals surface area contributed by atoms with Crippen molar-refractivity contribution in [2.24, 2.45) is 0 Å². The third kappa shape index (κ3) is 3.78. The number of benzene rings is 1. The van der Waals surface area contributed by atoms with Crippen LogP contribution in [0.5, 0.6) is 0 Å². The van der Waals surface area contributed by atoms with Crippen LogP contribution in [0.15, 0.2) is 18.2 Å². The maximum absolute atomic E-state index is 11.8. The van der Waals surface area contributed by atoms with Crippen molar-refractivity contribution in [3.63, 3.8) is 0 Å². The molecule has 0 aliphatic carbocycles. The zero-order valence-corrected chi connectivity index (χ0v) is 12.0. The van der Waals surface area contributed by atoms with Crippen LogP contribution in [0.2, 0.25) is 0 Å². The summed E-state index contributed by atoms with van der Waals surface area (Å²) in [5, 5.41) is 15.6. The van der Waals surface area contributed by atoms with Gasteiger partial charge in [-0.15, -0.1) is 0 Å². The second-order valence-corrected chi connectivity index (χ2v) is 4.63. The Hall–Kier alpha value is -2.97. The molecular weight excluding hydrogens is 294 g/mol. The molecule has 1 atom stereocenters. The van der Waals surface area contributed by atoms with Crippen molar-refractivity contribution in [2.75, 3.05) is 12.4 Å². The summed E-state index contributed by atoms with van der Waals surface area (Å²) < 4.78 is 4.63. The van der Waals surface area contributed by atoms with E-state index in [9.17, 15) is 24.5 Å². The lowest BCUT2D eigenvalue weighted by Gasteiger charge is -2.25. The lowest BCUT2D eigenvalue weighted by atomic mass is 9.92. The van der Waals surface area contributed by atoms with Gasteiger partial charge in [-0.2, -0.15) is 0 Å². The van der Waals surface area contributed by atoms with Crippen LogP contribution in [0.25, 0.3) is 0 Å². The van der Waals surface area contributed by atoms with Gasteiger partial charge in [-0.3, -0.25) is 19.7 Å². The van der Waals surface area contributed by atoms with Gasteiger partial charge in [0.05, 0.1) is 12.0 Å². The monoisotopic (exact) mass is 309 g/mol. The molecule has 0 radical (unpaired) electrons. The minimum Gasteiger partial charge on any atom is -0.467 e. The van der Waals surface area contributed by atoms with Gasteiger partial charge in [0.2, 0.25) is 12.8 Å². The number of carbonyl (C=O) groups excluding carboxylic acids is 3. The summed E-state index contributed by atoms with van der Waals surface area (Å²) in [5.74, 6) is -0.683. The van der Waals surface area contributed by atoms with E-state index in [2.05, 4.69) is 15.4 Å². The fourth-order valence-corrected chi connectivity index (χ4v) is 1.97. The van der Waals surface area contributed by atoms with Crippen LogP contribution in [0.1, 0.15) is 12.5 Å². The number of rotatable bonds is 8. The molecule has 2 amide bonds. The highest BCUT2D eigenvalue weighted by atomic mass is 16.6. The second kappa shape index (κ2) is 7.16. The molecule has 0 unspecified atom stereocenters. The van der Waals surface area contributed by atoms with Gasteiger partial charge in [-0.05, 0) is 18.6 Å². The van der Waals surface area contributed by atoms with Crippen LogP contribution in [-0.2, 0) is 25.5 Å². The van der Waals surface area contributed by atoms with E-state index in [1.165, 1.54) is 32.2 Å². The van der Waals surface area contributed by atoms with Gasteiger partial charge >= 0.3 is 5.97 Å². The first-order chi connectivity index (χ1) is 10.4. The molecule has 0 aromatic heterocycles. The number of methoxy groups -OCH3 is 1. The molecule has 0 saturated carbocycles. The van der Waals surface area contributed by atoms with E-state index >= 15 is 0 Å². The van der Waals surface area contributed by atoms with Crippen molar-refractivity contribution >= 4 is 30.2 Å². The Kier molecular flexibility index (Phi) is 5.56. The zero-order chi connectivity index (χ0) is 16.8. The van der Waals surface area contributed by atoms with Crippen LogP contribution in [0, 0.1) is 10.1 Å². The highest BCUT2D eigenvalue weighted by molar-refractivity contribution is 5.83. The third-order valence-electron chi connectivity index (χ3n) is 3.04. The predicted molar refractivity (Wildman–Crippen MR) is 76.1 cm³/mol. The molecule has 9 nitrogen and oxygen atoms in total. The molecule has 0 bridgehead atoms. The van der Waals surface area contributed by atoms with Gasteiger partial charge < -0.3 is 15.4 Å². The predicted octanol–water partition coefficient (Wildman–Crippen LogP) is 0.383. The average molecular weight is 309 g/mol. The highest BCUT2D eigenvalue weighted by Crippen LogP contribution is 2.27. The SMILES string of the molecule is COC(=O)[C@@](C)(Cc1ccc(NC=O)c([N+](=O)[O-])c1)NC=O. The zero-order valence-electron chi connectivity index (χ0n) is 12.0. The molecule has 0 spiro atoms. The fraction of sp³-hybridized carbons (Fsp3) is 0.308. The molecular formula is C13H15N3O6. The molecule has 1 aromatic rings.